The third-order valence-corrected chi connectivity index (χ3v) is 5.06. The number of rotatable bonds is 6. The van der Waals surface area contributed by atoms with E-state index in [0.717, 1.165) is 5.56 Å². The zero-order chi connectivity index (χ0) is 17.0. The van der Waals surface area contributed by atoms with E-state index in [9.17, 15) is 8.42 Å². The van der Waals surface area contributed by atoms with Gasteiger partial charge in [-0.1, -0.05) is 43.3 Å². The second-order valence-corrected chi connectivity index (χ2v) is 7.27. The summed E-state index contributed by atoms with van der Waals surface area (Å²) in [6, 6.07) is 16.5. The Bertz CT molecular complexity index is 895. The third-order valence-electron chi connectivity index (χ3n) is 3.57. The van der Waals surface area contributed by atoms with Gasteiger partial charge in [-0.15, -0.1) is 5.10 Å². The van der Waals surface area contributed by atoms with Gasteiger partial charge in [0.1, 0.15) is 6.33 Å². The van der Waals surface area contributed by atoms with Crippen molar-refractivity contribution >= 4 is 15.7 Å². The molecule has 0 aliphatic rings. The molecule has 0 aliphatic carbocycles. The van der Waals surface area contributed by atoms with Gasteiger partial charge in [-0.05, 0) is 40.1 Å². The van der Waals surface area contributed by atoms with Crippen molar-refractivity contribution in [3.63, 3.8) is 0 Å². The molecule has 0 bridgehead atoms. The largest absolute Gasteiger partial charge is 0.283 e. The van der Waals surface area contributed by atoms with Gasteiger partial charge in [0.2, 0.25) is 10.0 Å². The van der Waals surface area contributed by atoms with Gasteiger partial charge in [0.05, 0.1) is 17.1 Å². The Balaban J connectivity index is 1.74. The average molecular weight is 343 g/mol. The van der Waals surface area contributed by atoms with Crippen LogP contribution in [0.25, 0.3) is 5.69 Å². The molecule has 2 aromatic carbocycles. The van der Waals surface area contributed by atoms with Gasteiger partial charge in [-0.2, -0.15) is 0 Å². The summed E-state index contributed by atoms with van der Waals surface area (Å²) < 4.78 is 28.9. The first-order valence-corrected chi connectivity index (χ1v) is 9.07. The molecule has 0 saturated heterocycles. The fraction of sp³-hybridized carbons (Fsp3) is 0.188. The highest BCUT2D eigenvalue weighted by Gasteiger charge is 2.17. The monoisotopic (exact) mass is 343 g/mol. The van der Waals surface area contributed by atoms with Gasteiger partial charge in [0.25, 0.3) is 0 Å². The second kappa shape index (κ2) is 6.79. The number of benzene rings is 2. The SMILES string of the molecule is C[C@H](CS(=O)(=O)Nc1cccc(-n2cnnn2)c1)c1ccccc1. The van der Waals surface area contributed by atoms with Crippen molar-refractivity contribution in [1.82, 2.24) is 20.2 Å². The minimum Gasteiger partial charge on any atom is -0.283 e. The number of hydrogen-bond acceptors (Lipinski definition) is 5. The summed E-state index contributed by atoms with van der Waals surface area (Å²) >= 11 is 0. The molecule has 1 aromatic heterocycles. The van der Waals surface area contributed by atoms with Crippen molar-refractivity contribution in [2.75, 3.05) is 10.5 Å². The molecule has 0 amide bonds. The Kier molecular flexibility index (Phi) is 4.57. The molecule has 0 spiro atoms. The van der Waals surface area contributed by atoms with E-state index in [4.69, 9.17) is 0 Å². The van der Waals surface area contributed by atoms with Crippen LogP contribution in [0.15, 0.2) is 60.9 Å². The lowest BCUT2D eigenvalue weighted by Gasteiger charge is -2.14. The standard InChI is InChI=1S/C16H17N5O2S/c1-13(14-6-3-2-4-7-14)11-24(22,23)18-15-8-5-9-16(10-15)21-12-17-19-20-21/h2-10,12-13,18H,11H2,1H3/t13-/m1/s1. The van der Waals surface area contributed by atoms with Gasteiger partial charge in [0, 0.05) is 0 Å². The summed E-state index contributed by atoms with van der Waals surface area (Å²) in [4.78, 5) is 0. The Morgan fingerprint density at radius 1 is 1.12 bits per heavy atom. The van der Waals surface area contributed by atoms with Crippen LogP contribution in [0.2, 0.25) is 0 Å². The highest BCUT2D eigenvalue weighted by Crippen LogP contribution is 2.20. The summed E-state index contributed by atoms with van der Waals surface area (Å²) in [5, 5.41) is 10.9. The van der Waals surface area contributed by atoms with E-state index in [1.54, 1.807) is 24.3 Å². The number of sulfonamides is 1. The number of anilines is 1. The predicted molar refractivity (Wildman–Crippen MR) is 91.4 cm³/mol. The number of nitrogens with one attached hydrogen (secondary N) is 1. The maximum absolute atomic E-state index is 12.4. The second-order valence-electron chi connectivity index (χ2n) is 5.50. The molecule has 3 rings (SSSR count). The Morgan fingerprint density at radius 2 is 1.92 bits per heavy atom. The summed E-state index contributed by atoms with van der Waals surface area (Å²) in [6.07, 6.45) is 1.45. The van der Waals surface area contributed by atoms with E-state index < -0.39 is 10.0 Å². The van der Waals surface area contributed by atoms with Crippen LogP contribution >= 0.6 is 0 Å². The zero-order valence-electron chi connectivity index (χ0n) is 13.1. The maximum atomic E-state index is 12.4. The van der Waals surface area contributed by atoms with Crippen molar-refractivity contribution in [2.24, 2.45) is 0 Å². The van der Waals surface area contributed by atoms with Crippen molar-refractivity contribution < 1.29 is 8.42 Å². The lowest BCUT2D eigenvalue weighted by molar-refractivity contribution is 0.595. The minimum absolute atomic E-state index is 0.00607. The number of nitrogens with zero attached hydrogens (tertiary/aromatic N) is 4. The van der Waals surface area contributed by atoms with E-state index in [-0.39, 0.29) is 11.7 Å². The van der Waals surface area contributed by atoms with Gasteiger partial charge < -0.3 is 0 Å². The van der Waals surface area contributed by atoms with Crippen LogP contribution in [0.5, 0.6) is 0 Å². The molecule has 1 heterocycles. The van der Waals surface area contributed by atoms with Gasteiger partial charge in [-0.3, -0.25) is 4.72 Å². The smallest absolute Gasteiger partial charge is 0.233 e. The molecule has 7 nitrogen and oxygen atoms in total. The van der Waals surface area contributed by atoms with Crippen molar-refractivity contribution in [2.45, 2.75) is 12.8 Å². The average Bonchev–Trinajstić information content (AvgIpc) is 3.09. The molecule has 24 heavy (non-hydrogen) atoms. The fourth-order valence-corrected chi connectivity index (χ4v) is 3.84. The Labute approximate surface area is 140 Å². The molecule has 8 heteroatoms. The van der Waals surface area contributed by atoms with Gasteiger partial charge in [0.15, 0.2) is 0 Å². The first-order valence-electron chi connectivity index (χ1n) is 7.42. The molecule has 0 radical (unpaired) electrons. The first-order chi connectivity index (χ1) is 11.5. The van der Waals surface area contributed by atoms with Crippen LogP contribution in [-0.4, -0.2) is 34.4 Å². The number of tetrazole rings is 1. The summed E-state index contributed by atoms with van der Waals surface area (Å²) in [6.45, 7) is 1.89. The van der Waals surface area contributed by atoms with Crippen LogP contribution in [0.3, 0.4) is 0 Å². The van der Waals surface area contributed by atoms with Crippen molar-refractivity contribution in [3.8, 4) is 5.69 Å². The summed E-state index contributed by atoms with van der Waals surface area (Å²) in [5.74, 6) is -0.0991. The number of aromatic nitrogens is 4. The van der Waals surface area contributed by atoms with Crippen molar-refractivity contribution in [3.05, 3.63) is 66.5 Å². The van der Waals surface area contributed by atoms with E-state index in [2.05, 4.69) is 20.2 Å². The lowest BCUT2D eigenvalue weighted by Crippen LogP contribution is -2.20. The van der Waals surface area contributed by atoms with E-state index in [1.165, 1.54) is 11.0 Å². The van der Waals surface area contributed by atoms with Crippen LogP contribution < -0.4 is 4.72 Å². The zero-order valence-corrected chi connectivity index (χ0v) is 13.9. The molecule has 0 fully saturated rings. The van der Waals surface area contributed by atoms with Crippen molar-refractivity contribution in [1.29, 1.82) is 0 Å². The first kappa shape index (κ1) is 16.1. The van der Waals surface area contributed by atoms with E-state index in [1.807, 2.05) is 37.3 Å². The molecular weight excluding hydrogens is 326 g/mol. The highest BCUT2D eigenvalue weighted by atomic mass is 32.2. The predicted octanol–water partition coefficient (Wildman–Crippen LogP) is 2.21. The van der Waals surface area contributed by atoms with Crippen LogP contribution in [0, 0.1) is 0 Å². The summed E-state index contributed by atoms with van der Waals surface area (Å²) in [5.41, 5.74) is 2.14. The molecule has 3 aromatic rings. The fourth-order valence-electron chi connectivity index (χ4n) is 2.42. The highest BCUT2D eigenvalue weighted by molar-refractivity contribution is 7.92. The molecule has 0 unspecified atom stereocenters. The summed E-state index contributed by atoms with van der Waals surface area (Å²) in [7, 11) is -3.48. The van der Waals surface area contributed by atoms with Gasteiger partial charge >= 0.3 is 0 Å². The number of hydrogen-bond donors (Lipinski definition) is 1. The molecule has 1 atom stereocenters. The van der Waals surface area contributed by atoms with E-state index in [0.29, 0.717) is 11.4 Å². The van der Waals surface area contributed by atoms with E-state index >= 15 is 0 Å². The van der Waals surface area contributed by atoms with Crippen LogP contribution in [0.1, 0.15) is 18.4 Å². The maximum Gasteiger partial charge on any atom is 0.233 e. The molecular formula is C16H17N5O2S. The van der Waals surface area contributed by atoms with Crippen LogP contribution in [0.4, 0.5) is 5.69 Å². The molecule has 0 saturated carbocycles. The Hall–Kier alpha value is -2.74. The van der Waals surface area contributed by atoms with Crippen LogP contribution in [-0.2, 0) is 10.0 Å². The minimum atomic E-state index is -3.48. The molecule has 0 aliphatic heterocycles. The lowest BCUT2D eigenvalue weighted by atomic mass is 10.0. The third kappa shape index (κ3) is 3.96. The topological polar surface area (TPSA) is 89.8 Å². The quantitative estimate of drug-likeness (QED) is 0.741. The normalized spacial score (nSPS) is 12.7. The van der Waals surface area contributed by atoms with Gasteiger partial charge in [-0.25, -0.2) is 13.1 Å². The Morgan fingerprint density at radius 3 is 2.62 bits per heavy atom. The molecule has 1 N–H and O–H groups in total. The molecule has 124 valence electrons.